The van der Waals surface area contributed by atoms with Gasteiger partial charge in [-0.15, -0.1) is 0 Å². The molecule has 1 atom stereocenters. The largest absolute Gasteiger partial charge is 0.280 e. The van der Waals surface area contributed by atoms with E-state index < -0.39 is 5.92 Å². The fourth-order valence-electron chi connectivity index (χ4n) is 3.52. The molecule has 0 spiro atoms. The van der Waals surface area contributed by atoms with Crippen molar-refractivity contribution < 1.29 is 9.59 Å². The van der Waals surface area contributed by atoms with Crippen molar-refractivity contribution in [1.29, 1.82) is 0 Å². The smallest absolute Gasteiger partial charge is 0.271 e. The molecule has 0 bridgehead atoms. The lowest BCUT2D eigenvalue weighted by atomic mass is 9.95. The molecule has 2 aliphatic heterocycles. The van der Waals surface area contributed by atoms with Gasteiger partial charge in [-0.3, -0.25) is 9.59 Å². The van der Waals surface area contributed by atoms with E-state index in [1.165, 1.54) is 10.0 Å². The topological polar surface area (TPSA) is 65.3 Å². The summed E-state index contributed by atoms with van der Waals surface area (Å²) in [5, 5.41) is 11.9. The fraction of sp³-hybridized carbons (Fsp3) is 0.217. The standard InChI is InChI=1S/C23H22N4O2/c1-3-20-18(22(28)26(24-20)16-11-7-5-8-12-16)15-19-21(4-2)25-27(23(19)29)17-13-9-6-10-14-17/h5-15,18H,3-4H2,1-2H3/b19-15-. The quantitative estimate of drug-likeness (QED) is 0.725. The lowest BCUT2D eigenvalue weighted by molar-refractivity contribution is -0.118. The van der Waals surface area contributed by atoms with E-state index in [1.54, 1.807) is 6.08 Å². The molecule has 2 heterocycles. The molecule has 0 N–H and O–H groups in total. The maximum atomic E-state index is 13.1. The Bertz CT molecular complexity index is 1030. The first-order chi connectivity index (χ1) is 14.1. The number of nitrogens with zero attached hydrogens (tertiary/aromatic N) is 4. The molecular weight excluding hydrogens is 364 g/mol. The second-order valence-electron chi connectivity index (χ2n) is 6.84. The number of carbonyl (C=O) groups is 2. The molecule has 0 aromatic heterocycles. The van der Waals surface area contributed by atoms with Gasteiger partial charge in [-0.05, 0) is 37.1 Å². The first-order valence-electron chi connectivity index (χ1n) is 9.79. The van der Waals surface area contributed by atoms with Crippen molar-refractivity contribution in [3.63, 3.8) is 0 Å². The second kappa shape index (κ2) is 7.83. The highest BCUT2D eigenvalue weighted by molar-refractivity contribution is 6.31. The van der Waals surface area contributed by atoms with Crippen LogP contribution in [0, 0.1) is 5.92 Å². The van der Waals surface area contributed by atoms with Crippen LogP contribution in [0.1, 0.15) is 26.7 Å². The summed E-state index contributed by atoms with van der Waals surface area (Å²) >= 11 is 0. The maximum absolute atomic E-state index is 13.1. The summed E-state index contributed by atoms with van der Waals surface area (Å²) in [4.78, 5) is 26.2. The zero-order valence-electron chi connectivity index (χ0n) is 16.4. The zero-order chi connectivity index (χ0) is 20.4. The highest BCUT2D eigenvalue weighted by atomic mass is 16.2. The van der Waals surface area contributed by atoms with Gasteiger partial charge in [0, 0.05) is 0 Å². The van der Waals surface area contributed by atoms with Crippen molar-refractivity contribution >= 4 is 34.6 Å². The minimum Gasteiger partial charge on any atom is -0.271 e. The van der Waals surface area contributed by atoms with Gasteiger partial charge in [0.1, 0.15) is 0 Å². The summed E-state index contributed by atoms with van der Waals surface area (Å²) in [6.07, 6.45) is 2.96. The molecule has 0 radical (unpaired) electrons. The minimum atomic E-state index is -0.563. The van der Waals surface area contributed by atoms with E-state index in [0.717, 1.165) is 11.4 Å². The number of amides is 2. The van der Waals surface area contributed by atoms with E-state index in [-0.39, 0.29) is 11.8 Å². The summed E-state index contributed by atoms with van der Waals surface area (Å²) < 4.78 is 0. The van der Waals surface area contributed by atoms with Crippen LogP contribution in [-0.2, 0) is 9.59 Å². The predicted molar refractivity (Wildman–Crippen MR) is 115 cm³/mol. The third kappa shape index (κ3) is 3.38. The molecule has 6 nitrogen and oxygen atoms in total. The Hall–Kier alpha value is -3.54. The zero-order valence-corrected chi connectivity index (χ0v) is 16.4. The summed E-state index contributed by atoms with van der Waals surface area (Å²) in [5.74, 6) is -0.928. The number of hydrogen-bond donors (Lipinski definition) is 0. The fourth-order valence-corrected chi connectivity index (χ4v) is 3.52. The van der Waals surface area contributed by atoms with Crippen LogP contribution >= 0.6 is 0 Å². The van der Waals surface area contributed by atoms with Crippen LogP contribution in [0.2, 0.25) is 0 Å². The molecule has 146 valence electrons. The molecule has 6 heteroatoms. The van der Waals surface area contributed by atoms with E-state index in [9.17, 15) is 9.59 Å². The normalized spacial score (nSPS) is 20.5. The molecule has 0 aliphatic carbocycles. The van der Waals surface area contributed by atoms with Gasteiger partial charge in [0.15, 0.2) is 0 Å². The average Bonchev–Trinajstić information content (AvgIpc) is 3.26. The molecule has 0 saturated heterocycles. The van der Waals surface area contributed by atoms with Crippen LogP contribution in [0.4, 0.5) is 11.4 Å². The molecule has 2 aliphatic rings. The van der Waals surface area contributed by atoms with Gasteiger partial charge in [-0.2, -0.15) is 20.2 Å². The number of benzene rings is 2. The first-order valence-corrected chi connectivity index (χ1v) is 9.79. The second-order valence-corrected chi connectivity index (χ2v) is 6.84. The highest BCUT2D eigenvalue weighted by Gasteiger charge is 2.38. The number of carbonyl (C=O) groups excluding carboxylic acids is 2. The number of hydrazone groups is 2. The third-order valence-corrected chi connectivity index (χ3v) is 5.05. The van der Waals surface area contributed by atoms with Crippen LogP contribution in [0.25, 0.3) is 0 Å². The lowest BCUT2D eigenvalue weighted by Gasteiger charge is -2.13. The lowest BCUT2D eigenvalue weighted by Crippen LogP contribution is -2.28. The highest BCUT2D eigenvalue weighted by Crippen LogP contribution is 2.30. The van der Waals surface area contributed by atoms with Gasteiger partial charge in [-0.25, -0.2) is 0 Å². The molecular formula is C23H22N4O2. The summed E-state index contributed by atoms with van der Waals surface area (Å²) in [7, 11) is 0. The predicted octanol–water partition coefficient (Wildman–Crippen LogP) is 4.15. The van der Waals surface area contributed by atoms with Crippen LogP contribution in [0.5, 0.6) is 0 Å². The molecule has 1 unspecified atom stereocenters. The van der Waals surface area contributed by atoms with Crippen LogP contribution in [-0.4, -0.2) is 23.2 Å². The van der Waals surface area contributed by atoms with Gasteiger partial charge in [0.05, 0.1) is 34.3 Å². The molecule has 4 rings (SSSR count). The SMILES string of the molecule is CCC1=NN(c2ccccc2)C(=O)/C1=C\C1C(=O)N(c2ccccc2)N=C1CC. The van der Waals surface area contributed by atoms with Crippen molar-refractivity contribution in [2.45, 2.75) is 26.7 Å². The molecule has 0 saturated carbocycles. The number of hydrogen-bond acceptors (Lipinski definition) is 4. The van der Waals surface area contributed by atoms with Crippen molar-refractivity contribution in [1.82, 2.24) is 0 Å². The van der Waals surface area contributed by atoms with Crippen LogP contribution in [0.3, 0.4) is 0 Å². The maximum Gasteiger partial charge on any atom is 0.280 e. The van der Waals surface area contributed by atoms with E-state index >= 15 is 0 Å². The van der Waals surface area contributed by atoms with Crippen LogP contribution < -0.4 is 10.0 Å². The number of rotatable bonds is 5. The summed E-state index contributed by atoms with van der Waals surface area (Å²) in [6, 6.07) is 18.6. The van der Waals surface area contributed by atoms with Crippen molar-refractivity contribution in [3.8, 4) is 0 Å². The average molecular weight is 386 g/mol. The van der Waals surface area contributed by atoms with Crippen LogP contribution in [0.15, 0.2) is 82.5 Å². The summed E-state index contributed by atoms with van der Waals surface area (Å²) in [6.45, 7) is 3.92. The summed E-state index contributed by atoms with van der Waals surface area (Å²) in [5.41, 5.74) is 3.33. The van der Waals surface area contributed by atoms with Gasteiger partial charge < -0.3 is 0 Å². The van der Waals surface area contributed by atoms with Crippen molar-refractivity contribution in [2.24, 2.45) is 16.1 Å². The Morgan fingerprint density at radius 1 is 0.828 bits per heavy atom. The van der Waals surface area contributed by atoms with E-state index in [4.69, 9.17) is 0 Å². The minimum absolute atomic E-state index is 0.151. The van der Waals surface area contributed by atoms with E-state index in [2.05, 4.69) is 10.2 Å². The van der Waals surface area contributed by atoms with Crippen molar-refractivity contribution in [3.05, 3.63) is 72.3 Å². The van der Waals surface area contributed by atoms with Gasteiger partial charge in [-0.1, -0.05) is 56.3 Å². The monoisotopic (exact) mass is 386 g/mol. The number of anilines is 2. The Labute approximate surface area is 169 Å². The molecule has 2 aromatic carbocycles. The van der Waals surface area contributed by atoms with E-state index in [1.807, 2.05) is 74.5 Å². The molecule has 0 fully saturated rings. The molecule has 29 heavy (non-hydrogen) atoms. The number of para-hydroxylation sites is 2. The van der Waals surface area contributed by atoms with Gasteiger partial charge in [0.25, 0.3) is 11.8 Å². The van der Waals surface area contributed by atoms with Gasteiger partial charge >= 0.3 is 0 Å². The molecule has 2 aromatic rings. The van der Waals surface area contributed by atoms with Gasteiger partial charge in [0.2, 0.25) is 0 Å². The Morgan fingerprint density at radius 2 is 1.41 bits per heavy atom. The van der Waals surface area contributed by atoms with E-state index in [0.29, 0.717) is 29.8 Å². The Balaban J connectivity index is 1.68. The third-order valence-electron chi connectivity index (χ3n) is 5.05. The Morgan fingerprint density at radius 3 is 1.97 bits per heavy atom. The molecule has 2 amide bonds. The Kier molecular flexibility index (Phi) is 5.08. The first kappa shape index (κ1) is 18.8. The van der Waals surface area contributed by atoms with Crippen molar-refractivity contribution in [2.75, 3.05) is 10.0 Å².